The Morgan fingerprint density at radius 3 is 1.78 bits per heavy atom. The van der Waals surface area contributed by atoms with Gasteiger partial charge in [0.15, 0.2) is 37.0 Å². The van der Waals surface area contributed by atoms with Crippen LogP contribution in [0.25, 0.3) is 0 Å². The Morgan fingerprint density at radius 2 is 1.37 bits per heavy atom. The summed E-state index contributed by atoms with van der Waals surface area (Å²) < 4.78 is 28.5. The molecule has 2 heterocycles. The predicted octanol–water partition coefficient (Wildman–Crippen LogP) is 6.43. The average Bonchev–Trinajstić information content (AvgIpc) is 3.05. The van der Waals surface area contributed by atoms with E-state index >= 15 is 0 Å². The molecule has 2 N–H and O–H groups in total. The first-order valence-electron chi connectivity index (χ1n) is 14.3. The van der Waals surface area contributed by atoms with Crippen molar-refractivity contribution in [1.29, 1.82) is 0 Å². The maximum Gasteiger partial charge on any atom is 0.410 e. The number of nitrogens with zero attached hydrogens (tertiary/aromatic N) is 3. The highest BCUT2D eigenvalue weighted by Gasteiger charge is 2.55. The van der Waals surface area contributed by atoms with E-state index in [0.717, 1.165) is 4.68 Å². The van der Waals surface area contributed by atoms with Gasteiger partial charge in [-0.05, 0) is 54.4 Å². The molecule has 1 amide bonds. The number of anilines is 1. The fraction of sp³-hybridized carbons (Fsp3) is 0.852. The second-order valence-corrected chi connectivity index (χ2v) is 29.9. The van der Waals surface area contributed by atoms with Crippen LogP contribution in [-0.2, 0) is 18.0 Å². The molecule has 0 radical (unpaired) electrons. The minimum atomic E-state index is -2.41. The van der Waals surface area contributed by atoms with Crippen molar-refractivity contribution in [2.75, 3.05) is 11.9 Å². The van der Waals surface area contributed by atoms with Gasteiger partial charge in [-0.2, -0.15) is 14.8 Å². The molecule has 0 aliphatic carbocycles. The number of aromatic nitrogens is 3. The normalized spacial score (nSPS) is 23.1. The maximum atomic E-state index is 13.2. The van der Waals surface area contributed by atoms with Gasteiger partial charge in [-0.15, -0.1) is 0 Å². The van der Waals surface area contributed by atoms with Crippen molar-refractivity contribution in [3.05, 3.63) is 16.7 Å². The minimum Gasteiger partial charge on any atom is -0.465 e. The molecule has 1 aliphatic rings. The molecule has 4 atom stereocenters. The van der Waals surface area contributed by atoms with Gasteiger partial charge >= 0.3 is 11.8 Å². The lowest BCUT2D eigenvalue weighted by molar-refractivity contribution is -0.0577. The number of amides is 1. The van der Waals surface area contributed by atoms with Crippen molar-refractivity contribution < 1.29 is 27.9 Å². The molecular formula is C27H54N4O7Si3. The van der Waals surface area contributed by atoms with Gasteiger partial charge in [0.1, 0.15) is 18.3 Å². The van der Waals surface area contributed by atoms with Crippen LogP contribution >= 0.6 is 0 Å². The average molecular weight is 631 g/mol. The maximum absolute atomic E-state index is 13.2. The van der Waals surface area contributed by atoms with E-state index in [1.54, 1.807) is 0 Å². The summed E-state index contributed by atoms with van der Waals surface area (Å²) in [5.74, 6) is -0.162. The lowest BCUT2D eigenvalue weighted by atomic mass is 10.1. The number of nitrogens with one attached hydrogen (secondary N) is 1. The Morgan fingerprint density at radius 1 is 0.902 bits per heavy atom. The van der Waals surface area contributed by atoms with Crippen LogP contribution in [0, 0.1) is 0 Å². The molecular weight excluding hydrogens is 577 g/mol. The molecule has 1 saturated heterocycles. The van der Waals surface area contributed by atoms with E-state index in [4.69, 9.17) is 23.1 Å². The molecule has 0 spiro atoms. The third kappa shape index (κ3) is 8.36. The van der Waals surface area contributed by atoms with Crippen LogP contribution in [0.2, 0.25) is 54.4 Å². The van der Waals surface area contributed by atoms with Crippen molar-refractivity contribution in [2.45, 2.75) is 141 Å². The van der Waals surface area contributed by atoms with Crippen LogP contribution in [0.5, 0.6) is 0 Å². The molecule has 1 fully saturated rings. The fourth-order valence-corrected chi connectivity index (χ4v) is 7.16. The minimum absolute atomic E-state index is 0.00673. The SMILES string of the molecule is CC(C)(C)[Si](C)(C)OC[C@H]1O[C@@H](n2ncc(NC(=O)O)nc2=O)[C@H](O[Si](C)(C)C(C)(C)C)[C@@H]1O[Si](C)(C)C(C)(C)C. The molecule has 0 unspecified atom stereocenters. The summed E-state index contributed by atoms with van der Waals surface area (Å²) in [4.78, 5) is 28.2. The zero-order chi connectivity index (χ0) is 32.0. The summed E-state index contributed by atoms with van der Waals surface area (Å²) in [7, 11) is -6.90. The zero-order valence-electron chi connectivity index (χ0n) is 27.8. The summed E-state index contributed by atoms with van der Waals surface area (Å²) in [6.07, 6.45) is -2.79. The molecule has 41 heavy (non-hydrogen) atoms. The molecule has 14 heteroatoms. The zero-order valence-corrected chi connectivity index (χ0v) is 30.8. The second-order valence-electron chi connectivity index (χ2n) is 15.6. The van der Waals surface area contributed by atoms with Crippen LogP contribution < -0.4 is 11.0 Å². The molecule has 0 bridgehead atoms. The highest BCUT2D eigenvalue weighted by molar-refractivity contribution is 6.75. The Balaban J connectivity index is 2.67. The van der Waals surface area contributed by atoms with Crippen LogP contribution in [0.1, 0.15) is 68.5 Å². The van der Waals surface area contributed by atoms with E-state index in [0.29, 0.717) is 0 Å². The van der Waals surface area contributed by atoms with Crippen LogP contribution in [0.4, 0.5) is 10.6 Å². The molecule has 0 saturated carbocycles. The van der Waals surface area contributed by atoms with Gasteiger partial charge in [0.05, 0.1) is 12.8 Å². The molecule has 11 nitrogen and oxygen atoms in total. The lowest BCUT2D eigenvalue weighted by Gasteiger charge is -2.44. The molecule has 236 valence electrons. The van der Waals surface area contributed by atoms with Crippen molar-refractivity contribution in [1.82, 2.24) is 14.8 Å². The topological polar surface area (TPSA) is 134 Å². The largest absolute Gasteiger partial charge is 0.465 e. The summed E-state index contributed by atoms with van der Waals surface area (Å²) in [5.41, 5.74) is -0.748. The van der Waals surface area contributed by atoms with Gasteiger partial charge in [0.25, 0.3) is 0 Å². The Labute approximate surface area is 249 Å². The first-order chi connectivity index (χ1) is 18.2. The van der Waals surface area contributed by atoms with Crippen molar-refractivity contribution >= 4 is 36.9 Å². The first-order valence-corrected chi connectivity index (χ1v) is 23.0. The van der Waals surface area contributed by atoms with E-state index in [9.17, 15) is 9.59 Å². The molecule has 1 aromatic rings. The lowest BCUT2D eigenvalue weighted by Crippen LogP contribution is -2.55. The Hall–Kier alpha value is -1.43. The second kappa shape index (κ2) is 11.9. The molecule has 0 aromatic carbocycles. The number of rotatable bonds is 9. The van der Waals surface area contributed by atoms with Crippen LogP contribution in [0.15, 0.2) is 11.0 Å². The van der Waals surface area contributed by atoms with Gasteiger partial charge in [0, 0.05) is 0 Å². The standard InChI is InChI=1S/C27H54N4O7Si3/c1-25(2,3)39(10,11)35-17-18-20(37-40(12,13)26(4,5)6)21(38-41(14,15)27(7,8)9)22(36-18)31-23(32)29-19(16-28-31)30-24(33)34/h16,18,20-22H,17H2,1-15H3,(H,33,34)(H,29,30,32)/t18-,20-,21-,22-/m1/s1. The van der Waals surface area contributed by atoms with E-state index in [2.05, 4.69) is 117 Å². The van der Waals surface area contributed by atoms with Gasteiger partial charge in [0.2, 0.25) is 0 Å². The number of hydrogen-bond donors (Lipinski definition) is 2. The monoisotopic (exact) mass is 630 g/mol. The van der Waals surface area contributed by atoms with Crippen molar-refractivity contribution in [2.24, 2.45) is 0 Å². The van der Waals surface area contributed by atoms with E-state index in [1.165, 1.54) is 6.20 Å². The summed E-state index contributed by atoms with van der Waals surface area (Å²) in [5, 5.41) is 15.2. The highest BCUT2D eigenvalue weighted by Crippen LogP contribution is 2.46. The number of hydrogen-bond acceptors (Lipinski definition) is 8. The highest BCUT2D eigenvalue weighted by atomic mass is 28.4. The summed E-state index contributed by atoms with van der Waals surface area (Å²) in [6.45, 7) is 32.9. The number of ether oxygens (including phenoxy) is 1. The van der Waals surface area contributed by atoms with Crippen molar-refractivity contribution in [3.63, 3.8) is 0 Å². The molecule has 1 aromatic heterocycles. The quantitative estimate of drug-likeness (QED) is 0.296. The first kappa shape index (κ1) is 35.8. The predicted molar refractivity (Wildman–Crippen MR) is 169 cm³/mol. The smallest absolute Gasteiger partial charge is 0.410 e. The summed E-state index contributed by atoms with van der Waals surface area (Å²) in [6, 6.07) is 0. The third-order valence-electron chi connectivity index (χ3n) is 9.37. The van der Waals surface area contributed by atoms with Gasteiger partial charge in [-0.25, -0.2) is 9.59 Å². The van der Waals surface area contributed by atoms with Crippen LogP contribution in [0.3, 0.4) is 0 Å². The van der Waals surface area contributed by atoms with Gasteiger partial charge in [-0.3, -0.25) is 5.32 Å². The Kier molecular flexibility index (Phi) is 10.4. The van der Waals surface area contributed by atoms with E-state index in [1.807, 2.05) is 0 Å². The summed E-state index contributed by atoms with van der Waals surface area (Å²) >= 11 is 0. The van der Waals surface area contributed by atoms with E-state index in [-0.39, 0.29) is 27.5 Å². The van der Waals surface area contributed by atoms with Crippen molar-refractivity contribution in [3.8, 4) is 0 Å². The molecule has 1 aliphatic heterocycles. The number of carboxylic acid groups (broad SMARTS) is 1. The third-order valence-corrected chi connectivity index (χ3v) is 22.8. The fourth-order valence-electron chi connectivity index (χ4n) is 3.54. The van der Waals surface area contributed by atoms with Crippen LogP contribution in [-0.4, -0.2) is 75.8 Å². The number of carbonyl (C=O) groups is 1. The van der Waals surface area contributed by atoms with E-state index < -0.39 is 61.3 Å². The Bertz CT molecular complexity index is 1140. The van der Waals surface area contributed by atoms with Gasteiger partial charge in [-0.1, -0.05) is 62.3 Å². The molecule has 2 rings (SSSR count). The van der Waals surface area contributed by atoms with Gasteiger partial charge < -0.3 is 23.1 Å².